The Morgan fingerprint density at radius 1 is 1.54 bits per heavy atom. The first-order valence-electron chi connectivity index (χ1n) is 3.70. The summed E-state index contributed by atoms with van der Waals surface area (Å²) in [5.74, 6) is 0.0606. The summed E-state index contributed by atoms with van der Waals surface area (Å²) in [5.41, 5.74) is 11.6. The molecule has 5 heteroatoms. The molecular formula is C8H10BrClN2O. The SMILES string of the molecule is NC[C@@H](N)c1ccc(Cl)c(Br)c1O. The van der Waals surface area contributed by atoms with E-state index in [-0.39, 0.29) is 18.3 Å². The molecule has 72 valence electrons. The average molecular weight is 266 g/mol. The summed E-state index contributed by atoms with van der Waals surface area (Å²) in [6.07, 6.45) is 0. The fraction of sp³-hybridized carbons (Fsp3) is 0.250. The molecule has 13 heavy (non-hydrogen) atoms. The number of halogens is 2. The summed E-state index contributed by atoms with van der Waals surface area (Å²) in [6, 6.07) is 2.96. The minimum Gasteiger partial charge on any atom is -0.506 e. The van der Waals surface area contributed by atoms with E-state index in [1.165, 1.54) is 0 Å². The second-order valence-electron chi connectivity index (χ2n) is 2.64. The number of rotatable bonds is 2. The molecule has 5 N–H and O–H groups in total. The van der Waals surface area contributed by atoms with Gasteiger partial charge in [-0.15, -0.1) is 0 Å². The van der Waals surface area contributed by atoms with Crippen molar-refractivity contribution >= 4 is 27.5 Å². The van der Waals surface area contributed by atoms with Crippen LogP contribution in [-0.2, 0) is 0 Å². The molecule has 0 aliphatic rings. The maximum atomic E-state index is 9.61. The standard InChI is InChI=1S/C8H10BrClN2O/c9-7-5(10)2-1-4(8(7)13)6(12)3-11/h1-2,6,13H,3,11-12H2/t6-/m1/s1. The summed E-state index contributed by atoms with van der Waals surface area (Å²) in [6.45, 7) is 0.279. The van der Waals surface area contributed by atoms with Crippen LogP contribution in [0.5, 0.6) is 5.75 Å². The van der Waals surface area contributed by atoms with Gasteiger partial charge in [0.2, 0.25) is 0 Å². The van der Waals surface area contributed by atoms with E-state index in [4.69, 9.17) is 23.1 Å². The van der Waals surface area contributed by atoms with Crippen molar-refractivity contribution < 1.29 is 5.11 Å². The maximum Gasteiger partial charge on any atom is 0.136 e. The van der Waals surface area contributed by atoms with Gasteiger partial charge in [-0.3, -0.25) is 0 Å². The molecule has 0 aliphatic carbocycles. The van der Waals surface area contributed by atoms with Gasteiger partial charge in [0.1, 0.15) is 5.75 Å². The highest BCUT2D eigenvalue weighted by atomic mass is 79.9. The zero-order valence-corrected chi connectivity index (χ0v) is 9.14. The Bertz CT molecular complexity index is 319. The van der Waals surface area contributed by atoms with Crippen molar-refractivity contribution in [3.05, 3.63) is 27.2 Å². The average Bonchev–Trinajstić information content (AvgIpc) is 2.13. The van der Waals surface area contributed by atoms with Crippen LogP contribution in [0.1, 0.15) is 11.6 Å². The molecule has 1 aromatic carbocycles. The molecule has 0 heterocycles. The molecule has 0 saturated heterocycles. The molecule has 1 atom stereocenters. The van der Waals surface area contributed by atoms with Crippen LogP contribution in [0.15, 0.2) is 16.6 Å². The van der Waals surface area contributed by atoms with Crippen molar-refractivity contribution in [1.29, 1.82) is 0 Å². The molecule has 1 rings (SSSR count). The van der Waals surface area contributed by atoms with Gasteiger partial charge >= 0.3 is 0 Å². The van der Waals surface area contributed by atoms with Crippen molar-refractivity contribution in [3.63, 3.8) is 0 Å². The van der Waals surface area contributed by atoms with E-state index in [1.807, 2.05) is 0 Å². The van der Waals surface area contributed by atoms with Crippen LogP contribution in [-0.4, -0.2) is 11.7 Å². The lowest BCUT2D eigenvalue weighted by atomic mass is 10.1. The van der Waals surface area contributed by atoms with Gasteiger partial charge in [-0.25, -0.2) is 0 Å². The van der Waals surface area contributed by atoms with Crippen molar-refractivity contribution in [1.82, 2.24) is 0 Å². The van der Waals surface area contributed by atoms with Gasteiger partial charge in [-0.2, -0.15) is 0 Å². The summed E-state index contributed by atoms with van der Waals surface area (Å²) < 4.78 is 0.454. The van der Waals surface area contributed by atoms with Crippen LogP contribution in [0, 0.1) is 0 Å². The lowest BCUT2D eigenvalue weighted by molar-refractivity contribution is 0.458. The predicted octanol–water partition coefficient (Wildman–Crippen LogP) is 1.77. The van der Waals surface area contributed by atoms with Crippen LogP contribution < -0.4 is 11.5 Å². The molecule has 0 unspecified atom stereocenters. The van der Waals surface area contributed by atoms with Gasteiger partial charge in [0.25, 0.3) is 0 Å². The van der Waals surface area contributed by atoms with Gasteiger partial charge in [0.15, 0.2) is 0 Å². The first-order chi connectivity index (χ1) is 6.07. The van der Waals surface area contributed by atoms with E-state index in [9.17, 15) is 5.11 Å². The van der Waals surface area contributed by atoms with E-state index in [0.717, 1.165) is 0 Å². The second kappa shape index (κ2) is 4.28. The topological polar surface area (TPSA) is 72.3 Å². The van der Waals surface area contributed by atoms with E-state index in [2.05, 4.69) is 15.9 Å². The third-order valence-corrected chi connectivity index (χ3v) is 3.10. The quantitative estimate of drug-likeness (QED) is 0.763. The lowest BCUT2D eigenvalue weighted by Crippen LogP contribution is -2.20. The minimum atomic E-state index is -0.367. The monoisotopic (exact) mass is 264 g/mol. The van der Waals surface area contributed by atoms with Crippen molar-refractivity contribution in [2.24, 2.45) is 11.5 Å². The molecular weight excluding hydrogens is 255 g/mol. The fourth-order valence-electron chi connectivity index (χ4n) is 0.981. The Balaban J connectivity index is 3.18. The Hall–Kier alpha value is -0.290. The third-order valence-electron chi connectivity index (χ3n) is 1.75. The summed E-state index contributed by atoms with van der Waals surface area (Å²) in [5, 5.41) is 10.1. The number of benzene rings is 1. The molecule has 0 aliphatic heterocycles. The van der Waals surface area contributed by atoms with Gasteiger partial charge < -0.3 is 16.6 Å². The molecule has 0 bridgehead atoms. The van der Waals surface area contributed by atoms with E-state index in [1.54, 1.807) is 12.1 Å². The number of hydrogen-bond donors (Lipinski definition) is 3. The second-order valence-corrected chi connectivity index (χ2v) is 3.84. The highest BCUT2D eigenvalue weighted by molar-refractivity contribution is 9.10. The van der Waals surface area contributed by atoms with Crippen LogP contribution in [0.2, 0.25) is 5.02 Å². The Kier molecular flexibility index (Phi) is 3.55. The number of nitrogens with two attached hydrogens (primary N) is 2. The largest absolute Gasteiger partial charge is 0.506 e. The molecule has 0 aromatic heterocycles. The zero-order chi connectivity index (χ0) is 10.0. The highest BCUT2D eigenvalue weighted by Crippen LogP contribution is 2.36. The van der Waals surface area contributed by atoms with Crippen molar-refractivity contribution in [3.8, 4) is 5.75 Å². The predicted molar refractivity (Wildman–Crippen MR) is 56.8 cm³/mol. The Morgan fingerprint density at radius 2 is 2.15 bits per heavy atom. The first-order valence-corrected chi connectivity index (χ1v) is 4.87. The third kappa shape index (κ3) is 2.14. The van der Waals surface area contributed by atoms with E-state index >= 15 is 0 Å². The van der Waals surface area contributed by atoms with Gasteiger partial charge in [-0.05, 0) is 22.0 Å². The summed E-state index contributed by atoms with van der Waals surface area (Å²) >= 11 is 8.90. The fourth-order valence-corrected chi connectivity index (χ4v) is 1.49. The van der Waals surface area contributed by atoms with Crippen LogP contribution in [0.4, 0.5) is 0 Å². The highest BCUT2D eigenvalue weighted by Gasteiger charge is 2.13. The van der Waals surface area contributed by atoms with Gasteiger partial charge in [-0.1, -0.05) is 17.7 Å². The number of phenols is 1. The smallest absolute Gasteiger partial charge is 0.136 e. The number of phenolic OH excluding ortho intramolecular Hbond substituents is 1. The number of hydrogen-bond acceptors (Lipinski definition) is 3. The van der Waals surface area contributed by atoms with Crippen LogP contribution in [0.25, 0.3) is 0 Å². The normalized spacial score (nSPS) is 12.9. The Labute approximate surface area is 89.8 Å². The number of aromatic hydroxyl groups is 1. The molecule has 1 aromatic rings. The van der Waals surface area contributed by atoms with Crippen molar-refractivity contribution in [2.75, 3.05) is 6.54 Å². The van der Waals surface area contributed by atoms with Crippen LogP contribution in [0.3, 0.4) is 0 Å². The summed E-state index contributed by atoms with van der Waals surface area (Å²) in [4.78, 5) is 0. The van der Waals surface area contributed by atoms with Crippen LogP contribution >= 0.6 is 27.5 Å². The molecule has 0 amide bonds. The maximum absolute atomic E-state index is 9.61. The van der Waals surface area contributed by atoms with Gasteiger partial charge in [0.05, 0.1) is 9.50 Å². The molecule has 0 fully saturated rings. The first kappa shape index (κ1) is 10.8. The van der Waals surface area contributed by atoms with E-state index < -0.39 is 0 Å². The molecule has 0 spiro atoms. The van der Waals surface area contributed by atoms with E-state index in [0.29, 0.717) is 15.1 Å². The molecule has 3 nitrogen and oxygen atoms in total. The Morgan fingerprint density at radius 3 is 2.69 bits per heavy atom. The van der Waals surface area contributed by atoms with Crippen molar-refractivity contribution in [2.45, 2.75) is 6.04 Å². The summed E-state index contributed by atoms with van der Waals surface area (Å²) in [7, 11) is 0. The molecule has 0 radical (unpaired) electrons. The minimum absolute atomic E-state index is 0.0606. The zero-order valence-electron chi connectivity index (χ0n) is 6.80. The molecule has 0 saturated carbocycles. The lowest BCUT2D eigenvalue weighted by Gasteiger charge is -2.12. The van der Waals surface area contributed by atoms with Gasteiger partial charge in [0, 0.05) is 18.2 Å².